The summed E-state index contributed by atoms with van der Waals surface area (Å²) in [6.45, 7) is 4.55. The van der Waals surface area contributed by atoms with Gasteiger partial charge in [0.15, 0.2) is 12.4 Å². The zero-order chi connectivity index (χ0) is 24.3. The lowest BCUT2D eigenvalue weighted by Crippen LogP contribution is -2.48. The summed E-state index contributed by atoms with van der Waals surface area (Å²) in [5, 5.41) is 4.95. The van der Waals surface area contributed by atoms with Gasteiger partial charge in [0.1, 0.15) is 5.75 Å². The number of aromatic nitrogens is 2. The first-order chi connectivity index (χ1) is 16.2. The van der Waals surface area contributed by atoms with Crippen LogP contribution >= 0.6 is 11.6 Å². The number of rotatable bonds is 6. The number of hydrogen-bond donors (Lipinski definition) is 0. The van der Waals surface area contributed by atoms with Crippen molar-refractivity contribution < 1.29 is 22.7 Å². The number of hydrogen-bond acceptors (Lipinski definition) is 4. The van der Waals surface area contributed by atoms with Gasteiger partial charge in [-0.3, -0.25) is 9.69 Å². The average Bonchev–Trinajstić information content (AvgIpc) is 3.27. The van der Waals surface area contributed by atoms with Crippen molar-refractivity contribution in [1.82, 2.24) is 19.6 Å². The lowest BCUT2D eigenvalue weighted by atomic mass is 10.1. The van der Waals surface area contributed by atoms with Gasteiger partial charge in [-0.2, -0.15) is 18.3 Å². The number of carbonyl (C=O) groups excluding carboxylic acids is 1. The number of benzene rings is 2. The highest BCUT2D eigenvalue weighted by molar-refractivity contribution is 6.30. The molecule has 0 atom stereocenters. The van der Waals surface area contributed by atoms with Crippen molar-refractivity contribution in [2.45, 2.75) is 26.4 Å². The molecule has 1 amide bonds. The van der Waals surface area contributed by atoms with Crippen molar-refractivity contribution in [3.8, 4) is 5.75 Å². The normalized spacial score (nSPS) is 14.9. The molecule has 1 fully saturated rings. The molecule has 4 rings (SSSR count). The van der Waals surface area contributed by atoms with Gasteiger partial charge < -0.3 is 9.64 Å². The molecule has 2 heterocycles. The van der Waals surface area contributed by atoms with Crippen LogP contribution in [0, 0.1) is 6.92 Å². The molecule has 0 radical (unpaired) electrons. The monoisotopic (exact) mass is 492 g/mol. The fraction of sp³-hybridized carbons (Fsp3) is 0.333. The van der Waals surface area contributed by atoms with E-state index in [2.05, 4.69) is 5.10 Å². The van der Waals surface area contributed by atoms with Crippen LogP contribution in [0.3, 0.4) is 0 Å². The number of nitrogens with zero attached hydrogens (tertiary/aromatic N) is 4. The Morgan fingerprint density at radius 3 is 2.56 bits per heavy atom. The SMILES string of the molecule is Cc1cc(Cl)ccc1OCn1ccc(C(=O)N2CCN(Cc3cccc(C(F)(F)F)c3)CC2)n1. The maximum Gasteiger partial charge on any atom is 0.416 e. The van der Waals surface area contributed by atoms with Gasteiger partial charge in [0.2, 0.25) is 0 Å². The molecule has 34 heavy (non-hydrogen) atoms. The quantitative estimate of drug-likeness (QED) is 0.493. The second-order valence-electron chi connectivity index (χ2n) is 8.19. The van der Waals surface area contributed by atoms with Crippen molar-refractivity contribution in [2.75, 3.05) is 26.2 Å². The van der Waals surface area contributed by atoms with E-state index in [0.29, 0.717) is 54.8 Å². The smallest absolute Gasteiger partial charge is 0.416 e. The Morgan fingerprint density at radius 2 is 1.85 bits per heavy atom. The molecule has 2 aromatic carbocycles. The highest BCUT2D eigenvalue weighted by Crippen LogP contribution is 2.30. The molecule has 0 bridgehead atoms. The number of piperazine rings is 1. The van der Waals surface area contributed by atoms with Crippen LogP contribution in [0.15, 0.2) is 54.7 Å². The molecule has 0 aliphatic carbocycles. The molecule has 180 valence electrons. The topological polar surface area (TPSA) is 50.6 Å². The van der Waals surface area contributed by atoms with Crippen LogP contribution in [0.25, 0.3) is 0 Å². The summed E-state index contributed by atoms with van der Waals surface area (Å²) >= 11 is 5.96. The molecule has 10 heteroatoms. The number of aryl methyl sites for hydroxylation is 1. The maximum atomic E-state index is 12.9. The van der Waals surface area contributed by atoms with Crippen LogP contribution in [0.4, 0.5) is 13.2 Å². The highest BCUT2D eigenvalue weighted by Gasteiger charge is 2.30. The summed E-state index contributed by atoms with van der Waals surface area (Å²) in [5.74, 6) is 0.504. The molecule has 1 aliphatic heterocycles. The van der Waals surface area contributed by atoms with Gasteiger partial charge in [0.05, 0.1) is 5.56 Å². The standard InChI is InChI=1S/C24H24ClF3N4O2/c1-17-13-20(25)5-6-22(17)34-16-32-8-7-21(29-32)23(33)31-11-9-30(10-12-31)15-18-3-2-4-19(14-18)24(26,27)28/h2-8,13-14H,9-12,15-16H2,1H3. The van der Waals surface area contributed by atoms with E-state index < -0.39 is 11.7 Å². The summed E-state index contributed by atoms with van der Waals surface area (Å²) < 4.78 is 46.1. The number of amides is 1. The molecule has 0 saturated carbocycles. The van der Waals surface area contributed by atoms with E-state index >= 15 is 0 Å². The van der Waals surface area contributed by atoms with Gasteiger partial charge in [0.25, 0.3) is 5.91 Å². The van der Waals surface area contributed by atoms with Crippen molar-refractivity contribution >= 4 is 17.5 Å². The van der Waals surface area contributed by atoms with Gasteiger partial charge in [0, 0.05) is 43.9 Å². The number of ether oxygens (including phenoxy) is 1. The van der Waals surface area contributed by atoms with Crippen LogP contribution in [-0.4, -0.2) is 51.7 Å². The van der Waals surface area contributed by atoms with Gasteiger partial charge in [-0.05, 0) is 48.4 Å². The van der Waals surface area contributed by atoms with Crippen LogP contribution < -0.4 is 4.74 Å². The maximum absolute atomic E-state index is 12.9. The molecule has 0 N–H and O–H groups in total. The first-order valence-corrected chi connectivity index (χ1v) is 11.2. The van der Waals surface area contributed by atoms with E-state index in [1.165, 1.54) is 12.1 Å². The third-order valence-corrected chi connectivity index (χ3v) is 5.90. The Balaban J connectivity index is 1.29. The summed E-state index contributed by atoms with van der Waals surface area (Å²) in [5.41, 5.74) is 1.18. The minimum atomic E-state index is -4.36. The highest BCUT2D eigenvalue weighted by atomic mass is 35.5. The van der Waals surface area contributed by atoms with E-state index in [-0.39, 0.29) is 12.6 Å². The molecule has 1 saturated heterocycles. The van der Waals surface area contributed by atoms with Crippen molar-refractivity contribution in [1.29, 1.82) is 0 Å². The molecule has 1 aromatic heterocycles. The number of carbonyl (C=O) groups is 1. The lowest BCUT2D eigenvalue weighted by Gasteiger charge is -2.34. The molecular weight excluding hydrogens is 469 g/mol. The van der Waals surface area contributed by atoms with Crippen LogP contribution in [0.2, 0.25) is 5.02 Å². The van der Waals surface area contributed by atoms with E-state index in [9.17, 15) is 18.0 Å². The van der Waals surface area contributed by atoms with Crippen molar-refractivity contribution in [3.05, 3.63) is 82.1 Å². The third kappa shape index (κ3) is 5.90. The third-order valence-electron chi connectivity index (χ3n) is 5.67. The first kappa shape index (κ1) is 24.1. The Hall–Kier alpha value is -3.04. The molecule has 3 aromatic rings. The predicted molar refractivity (Wildman–Crippen MR) is 122 cm³/mol. The minimum Gasteiger partial charge on any atom is -0.471 e. The van der Waals surface area contributed by atoms with Gasteiger partial charge >= 0.3 is 6.18 Å². The summed E-state index contributed by atoms with van der Waals surface area (Å²) in [7, 11) is 0. The fourth-order valence-corrected chi connectivity index (χ4v) is 4.06. The second kappa shape index (κ2) is 10.1. The summed E-state index contributed by atoms with van der Waals surface area (Å²) in [6, 6.07) is 12.3. The van der Waals surface area contributed by atoms with Crippen molar-refractivity contribution in [2.24, 2.45) is 0 Å². The second-order valence-corrected chi connectivity index (χ2v) is 8.63. The van der Waals surface area contributed by atoms with Crippen LogP contribution in [0.1, 0.15) is 27.2 Å². The Morgan fingerprint density at radius 1 is 1.09 bits per heavy atom. The first-order valence-electron chi connectivity index (χ1n) is 10.8. The molecule has 0 unspecified atom stereocenters. The van der Waals surface area contributed by atoms with E-state index in [4.69, 9.17) is 16.3 Å². The Kier molecular flexibility index (Phi) is 7.13. The van der Waals surface area contributed by atoms with Gasteiger partial charge in [-0.1, -0.05) is 29.8 Å². The van der Waals surface area contributed by atoms with Gasteiger partial charge in [-0.25, -0.2) is 4.68 Å². The van der Waals surface area contributed by atoms with Crippen LogP contribution in [-0.2, 0) is 19.5 Å². The Bertz CT molecular complexity index is 1160. The lowest BCUT2D eigenvalue weighted by molar-refractivity contribution is -0.137. The molecule has 1 aliphatic rings. The zero-order valence-electron chi connectivity index (χ0n) is 18.6. The summed E-state index contributed by atoms with van der Waals surface area (Å²) in [4.78, 5) is 16.6. The largest absolute Gasteiger partial charge is 0.471 e. The zero-order valence-corrected chi connectivity index (χ0v) is 19.3. The molecule has 6 nitrogen and oxygen atoms in total. The number of halogens is 4. The fourth-order valence-electron chi connectivity index (χ4n) is 3.83. The van der Waals surface area contributed by atoms with E-state index in [1.54, 1.807) is 40.0 Å². The van der Waals surface area contributed by atoms with Crippen molar-refractivity contribution in [3.63, 3.8) is 0 Å². The Labute approximate surface area is 200 Å². The average molecular weight is 493 g/mol. The molecule has 0 spiro atoms. The summed E-state index contributed by atoms with van der Waals surface area (Å²) in [6.07, 6.45) is -2.68. The predicted octanol–water partition coefficient (Wildman–Crippen LogP) is 4.86. The van der Waals surface area contributed by atoms with E-state index in [0.717, 1.165) is 11.6 Å². The van der Waals surface area contributed by atoms with Crippen LogP contribution in [0.5, 0.6) is 5.75 Å². The number of alkyl halides is 3. The minimum absolute atomic E-state index is 0.153. The molecular formula is C24H24ClF3N4O2. The van der Waals surface area contributed by atoms with Gasteiger partial charge in [-0.15, -0.1) is 0 Å². The van der Waals surface area contributed by atoms with E-state index in [1.807, 2.05) is 17.9 Å².